The fourth-order valence-electron chi connectivity index (χ4n) is 3.63. The average molecular weight is 538 g/mol. The second-order valence-electron chi connectivity index (χ2n) is 7.75. The number of likely N-dealkylation sites (N-methyl/N-ethyl adjacent to an activating group) is 1. The van der Waals surface area contributed by atoms with Crippen LogP contribution in [-0.4, -0.2) is 29.3 Å². The highest BCUT2D eigenvalue weighted by atomic mass is 35.5. The Morgan fingerprint density at radius 1 is 0.824 bits per heavy atom. The topological polar surface area (TPSA) is 49.4 Å². The minimum absolute atomic E-state index is 0.0511. The summed E-state index contributed by atoms with van der Waals surface area (Å²) in [6.45, 7) is 2.44. The van der Waals surface area contributed by atoms with Crippen molar-refractivity contribution in [3.05, 3.63) is 104 Å². The van der Waals surface area contributed by atoms with Gasteiger partial charge in [0.15, 0.2) is 0 Å². The first-order valence-electron chi connectivity index (χ1n) is 10.8. The zero-order valence-corrected chi connectivity index (χ0v) is 21.6. The van der Waals surface area contributed by atoms with Crippen molar-refractivity contribution in [2.24, 2.45) is 0 Å². The van der Waals surface area contributed by atoms with Crippen molar-refractivity contribution in [2.75, 3.05) is 6.54 Å². The van der Waals surface area contributed by atoms with E-state index in [9.17, 15) is 9.59 Å². The van der Waals surface area contributed by atoms with Crippen molar-refractivity contribution in [1.82, 2.24) is 10.2 Å². The van der Waals surface area contributed by atoms with Gasteiger partial charge in [0, 0.05) is 29.6 Å². The van der Waals surface area contributed by atoms with E-state index in [4.69, 9.17) is 46.4 Å². The summed E-state index contributed by atoms with van der Waals surface area (Å²) in [5.41, 5.74) is 2.20. The summed E-state index contributed by atoms with van der Waals surface area (Å²) >= 11 is 25.0. The van der Waals surface area contributed by atoms with Gasteiger partial charge in [0.25, 0.3) is 0 Å². The van der Waals surface area contributed by atoms with Crippen LogP contribution in [0, 0.1) is 0 Å². The van der Waals surface area contributed by atoms with Gasteiger partial charge in [0.1, 0.15) is 6.04 Å². The maximum Gasteiger partial charge on any atom is 0.243 e. The molecule has 1 N–H and O–H groups in total. The van der Waals surface area contributed by atoms with Crippen LogP contribution in [0.5, 0.6) is 0 Å². The van der Waals surface area contributed by atoms with Gasteiger partial charge in [-0.3, -0.25) is 9.59 Å². The molecule has 0 aliphatic rings. The molecule has 0 radical (unpaired) electrons. The van der Waals surface area contributed by atoms with Gasteiger partial charge in [0.2, 0.25) is 11.8 Å². The van der Waals surface area contributed by atoms with E-state index in [1.807, 2.05) is 37.3 Å². The first-order chi connectivity index (χ1) is 16.3. The van der Waals surface area contributed by atoms with Crippen molar-refractivity contribution < 1.29 is 9.59 Å². The Balaban J connectivity index is 2.01. The normalized spacial score (nSPS) is 11.7. The number of amides is 2. The van der Waals surface area contributed by atoms with E-state index in [0.717, 1.165) is 11.1 Å². The molecule has 0 aliphatic heterocycles. The molecule has 0 saturated heterocycles. The molecule has 3 aromatic carbocycles. The van der Waals surface area contributed by atoms with E-state index >= 15 is 0 Å². The summed E-state index contributed by atoms with van der Waals surface area (Å²) in [5, 5.41) is 4.44. The van der Waals surface area contributed by atoms with Crippen molar-refractivity contribution in [3.8, 4) is 0 Å². The SMILES string of the molecule is CCNC(=O)C(Cc1ccccc1)N(Cc1ccc(Cl)c(Cl)c1)C(=O)Cc1c(Cl)cccc1Cl. The molecule has 0 fully saturated rings. The van der Waals surface area contributed by atoms with Crippen LogP contribution in [0.2, 0.25) is 20.1 Å². The average Bonchev–Trinajstić information content (AvgIpc) is 2.81. The lowest BCUT2D eigenvalue weighted by atomic mass is 10.0. The minimum Gasteiger partial charge on any atom is -0.355 e. The molecular weight excluding hydrogens is 514 g/mol. The summed E-state index contributed by atoms with van der Waals surface area (Å²) in [6.07, 6.45) is 0.292. The highest BCUT2D eigenvalue weighted by molar-refractivity contribution is 6.42. The fraction of sp³-hybridized carbons (Fsp3) is 0.231. The van der Waals surface area contributed by atoms with Crippen LogP contribution >= 0.6 is 46.4 Å². The predicted molar refractivity (Wildman–Crippen MR) is 140 cm³/mol. The Kier molecular flexibility index (Phi) is 9.66. The molecule has 1 unspecified atom stereocenters. The lowest BCUT2D eigenvalue weighted by Crippen LogP contribution is -2.51. The lowest BCUT2D eigenvalue weighted by Gasteiger charge is -2.32. The minimum atomic E-state index is -0.759. The number of benzene rings is 3. The van der Waals surface area contributed by atoms with Gasteiger partial charge < -0.3 is 10.2 Å². The van der Waals surface area contributed by atoms with Gasteiger partial charge in [-0.2, -0.15) is 0 Å². The van der Waals surface area contributed by atoms with Crippen LogP contribution in [0.4, 0.5) is 0 Å². The molecule has 0 spiro atoms. The first kappa shape index (κ1) is 26.4. The Morgan fingerprint density at radius 3 is 2.12 bits per heavy atom. The monoisotopic (exact) mass is 536 g/mol. The Bertz CT molecular complexity index is 1130. The van der Waals surface area contributed by atoms with Gasteiger partial charge >= 0.3 is 0 Å². The molecule has 0 aliphatic carbocycles. The number of rotatable bonds is 9. The van der Waals surface area contributed by atoms with Crippen LogP contribution in [0.15, 0.2) is 66.7 Å². The molecule has 0 aromatic heterocycles. The van der Waals surface area contributed by atoms with E-state index in [-0.39, 0.29) is 24.8 Å². The second-order valence-corrected chi connectivity index (χ2v) is 9.38. The number of nitrogens with zero attached hydrogens (tertiary/aromatic N) is 1. The fourth-order valence-corrected chi connectivity index (χ4v) is 4.49. The van der Waals surface area contributed by atoms with Crippen molar-refractivity contribution in [2.45, 2.75) is 32.4 Å². The number of halogens is 4. The summed E-state index contributed by atoms with van der Waals surface area (Å²) in [6, 6.07) is 19.1. The molecule has 3 aromatic rings. The van der Waals surface area contributed by atoms with Gasteiger partial charge in [-0.25, -0.2) is 0 Å². The molecule has 3 rings (SSSR count). The zero-order valence-electron chi connectivity index (χ0n) is 18.5. The zero-order chi connectivity index (χ0) is 24.7. The third-order valence-corrected chi connectivity index (χ3v) is 6.80. The van der Waals surface area contributed by atoms with Gasteiger partial charge in [0.05, 0.1) is 16.5 Å². The molecular formula is C26H24Cl4N2O2. The quantitative estimate of drug-likeness (QED) is 0.333. The van der Waals surface area contributed by atoms with E-state index in [0.29, 0.717) is 38.6 Å². The van der Waals surface area contributed by atoms with E-state index in [2.05, 4.69) is 5.32 Å². The summed E-state index contributed by atoms with van der Waals surface area (Å²) in [7, 11) is 0. The van der Waals surface area contributed by atoms with E-state index in [1.54, 1.807) is 41.3 Å². The molecule has 178 valence electrons. The molecule has 8 heteroatoms. The first-order valence-corrected chi connectivity index (χ1v) is 12.3. The number of nitrogens with one attached hydrogen (secondary N) is 1. The molecule has 34 heavy (non-hydrogen) atoms. The summed E-state index contributed by atoms with van der Waals surface area (Å²) in [5.74, 6) is -0.529. The summed E-state index contributed by atoms with van der Waals surface area (Å²) in [4.78, 5) is 28.4. The van der Waals surface area contributed by atoms with Crippen molar-refractivity contribution in [3.63, 3.8) is 0 Å². The van der Waals surface area contributed by atoms with E-state index < -0.39 is 6.04 Å². The molecule has 1 atom stereocenters. The third kappa shape index (κ3) is 6.89. The molecule has 0 saturated carbocycles. The van der Waals surface area contributed by atoms with Crippen molar-refractivity contribution >= 4 is 58.2 Å². The van der Waals surface area contributed by atoms with Crippen LogP contribution < -0.4 is 5.32 Å². The standard InChI is InChI=1S/C26H24Cl4N2O2/c1-2-31-26(34)24(14-17-7-4-3-5-8-17)32(16-18-11-12-22(29)23(30)13-18)25(33)15-19-20(27)9-6-10-21(19)28/h3-13,24H,2,14-16H2,1H3,(H,31,34). The smallest absolute Gasteiger partial charge is 0.243 e. The second kappa shape index (κ2) is 12.5. The molecule has 2 amide bonds. The molecule has 0 heterocycles. The maximum atomic E-state index is 13.7. The molecule has 0 bridgehead atoms. The number of carbonyl (C=O) groups is 2. The lowest BCUT2D eigenvalue weighted by molar-refractivity contribution is -0.140. The van der Waals surface area contributed by atoms with Gasteiger partial charge in [-0.05, 0) is 47.9 Å². The predicted octanol–water partition coefficient (Wildman–Crippen LogP) is 6.62. The Morgan fingerprint density at radius 2 is 1.50 bits per heavy atom. The van der Waals surface area contributed by atoms with Crippen LogP contribution in [0.1, 0.15) is 23.6 Å². The number of hydrogen-bond acceptors (Lipinski definition) is 2. The third-order valence-electron chi connectivity index (χ3n) is 5.35. The Labute approximate surface area is 219 Å². The highest BCUT2D eigenvalue weighted by Crippen LogP contribution is 2.27. The Hall–Kier alpha value is -2.24. The number of carbonyl (C=O) groups excluding carboxylic acids is 2. The van der Waals surface area contributed by atoms with Gasteiger partial charge in [-0.15, -0.1) is 0 Å². The van der Waals surface area contributed by atoms with Crippen LogP contribution in [0.25, 0.3) is 0 Å². The molecule has 4 nitrogen and oxygen atoms in total. The highest BCUT2D eigenvalue weighted by Gasteiger charge is 2.31. The van der Waals surface area contributed by atoms with E-state index in [1.165, 1.54) is 0 Å². The van der Waals surface area contributed by atoms with Crippen LogP contribution in [-0.2, 0) is 29.0 Å². The largest absolute Gasteiger partial charge is 0.355 e. The maximum absolute atomic E-state index is 13.7. The summed E-state index contributed by atoms with van der Waals surface area (Å²) < 4.78 is 0. The van der Waals surface area contributed by atoms with Crippen LogP contribution in [0.3, 0.4) is 0 Å². The van der Waals surface area contributed by atoms with Crippen molar-refractivity contribution in [1.29, 1.82) is 0 Å². The number of hydrogen-bond donors (Lipinski definition) is 1. The van der Waals surface area contributed by atoms with Gasteiger partial charge in [-0.1, -0.05) is 88.9 Å².